The van der Waals surface area contributed by atoms with Crippen molar-refractivity contribution in [2.45, 2.75) is 13.3 Å². The van der Waals surface area contributed by atoms with Crippen molar-refractivity contribution in [3.8, 4) is 0 Å². The van der Waals surface area contributed by atoms with E-state index in [1.165, 1.54) is 10.8 Å². The van der Waals surface area contributed by atoms with E-state index in [2.05, 4.69) is 16.4 Å². The molecule has 0 saturated carbocycles. The first-order valence-electron chi connectivity index (χ1n) is 7.07. The van der Waals surface area contributed by atoms with Crippen molar-refractivity contribution in [2.24, 2.45) is 0 Å². The zero-order chi connectivity index (χ0) is 15.4. The van der Waals surface area contributed by atoms with Gasteiger partial charge < -0.3 is 9.73 Å². The van der Waals surface area contributed by atoms with E-state index in [0.29, 0.717) is 12.3 Å². The molecule has 3 aromatic rings. The molecule has 0 aliphatic rings. The highest BCUT2D eigenvalue weighted by molar-refractivity contribution is 7.18. The highest BCUT2D eigenvalue weighted by atomic mass is 32.1. The minimum Gasteiger partial charge on any atom is -0.462 e. The number of fused-ring (bicyclic) bond motifs is 1. The largest absolute Gasteiger partial charge is 0.462 e. The lowest BCUT2D eigenvalue weighted by atomic mass is 10.3. The minimum absolute atomic E-state index is 0.129. The predicted molar refractivity (Wildman–Crippen MR) is 88.8 cm³/mol. The van der Waals surface area contributed by atoms with E-state index >= 15 is 0 Å². The lowest BCUT2D eigenvalue weighted by Gasteiger charge is -1.99. The van der Waals surface area contributed by atoms with Gasteiger partial charge in [0, 0.05) is 19.0 Å². The Balaban J connectivity index is 1.50. The maximum atomic E-state index is 11.7. The molecule has 22 heavy (non-hydrogen) atoms. The van der Waals surface area contributed by atoms with Crippen LogP contribution >= 0.6 is 11.3 Å². The summed E-state index contributed by atoms with van der Waals surface area (Å²) in [5, 5.41) is 3.89. The van der Waals surface area contributed by atoms with Gasteiger partial charge in [-0.1, -0.05) is 12.1 Å². The summed E-state index contributed by atoms with van der Waals surface area (Å²) in [5.41, 5.74) is 1.02. The average Bonchev–Trinajstić information content (AvgIpc) is 3.10. The summed E-state index contributed by atoms with van der Waals surface area (Å²) in [7, 11) is 0. The standard InChI is InChI=1S/C17H16N2O2S/c1-12-6-7-13(21-12)8-9-16(20)18-11-10-17-19-14-4-2-3-5-15(14)22-17/h2-9H,10-11H2,1H3,(H,18,20)/b9-8+. The smallest absolute Gasteiger partial charge is 0.244 e. The van der Waals surface area contributed by atoms with Crippen LogP contribution in [0.1, 0.15) is 16.5 Å². The first-order valence-corrected chi connectivity index (χ1v) is 7.89. The number of aromatic nitrogens is 1. The van der Waals surface area contributed by atoms with E-state index in [1.54, 1.807) is 17.4 Å². The van der Waals surface area contributed by atoms with Crippen molar-refractivity contribution in [3.05, 3.63) is 59.0 Å². The SMILES string of the molecule is Cc1ccc(/C=C/C(=O)NCCc2nc3ccccc3s2)o1. The van der Waals surface area contributed by atoms with E-state index in [-0.39, 0.29) is 5.91 Å². The fourth-order valence-electron chi connectivity index (χ4n) is 2.08. The number of benzene rings is 1. The Bertz CT molecular complexity index is 784. The highest BCUT2D eigenvalue weighted by Crippen LogP contribution is 2.21. The monoisotopic (exact) mass is 312 g/mol. The van der Waals surface area contributed by atoms with Gasteiger partial charge in [0.15, 0.2) is 0 Å². The molecule has 0 saturated heterocycles. The highest BCUT2D eigenvalue weighted by Gasteiger charge is 2.03. The molecule has 1 amide bonds. The van der Waals surface area contributed by atoms with Gasteiger partial charge in [0.2, 0.25) is 5.91 Å². The number of aryl methyl sites for hydroxylation is 1. The molecule has 0 aliphatic heterocycles. The summed E-state index contributed by atoms with van der Waals surface area (Å²) in [6.45, 7) is 2.44. The number of furan rings is 1. The average molecular weight is 312 g/mol. The molecule has 0 atom stereocenters. The van der Waals surface area contributed by atoms with E-state index < -0.39 is 0 Å². The van der Waals surface area contributed by atoms with Crippen LogP contribution in [0.25, 0.3) is 16.3 Å². The summed E-state index contributed by atoms with van der Waals surface area (Å²) in [6, 6.07) is 11.7. The molecule has 3 rings (SSSR count). The number of carbonyl (C=O) groups is 1. The molecular weight excluding hydrogens is 296 g/mol. The second kappa shape index (κ2) is 6.58. The summed E-state index contributed by atoms with van der Waals surface area (Å²) in [4.78, 5) is 16.3. The van der Waals surface area contributed by atoms with E-state index in [4.69, 9.17) is 4.42 Å². The number of carbonyl (C=O) groups excluding carboxylic acids is 1. The van der Waals surface area contributed by atoms with Gasteiger partial charge in [-0.3, -0.25) is 4.79 Å². The number of amides is 1. The van der Waals surface area contributed by atoms with Gasteiger partial charge in [0.25, 0.3) is 0 Å². The van der Waals surface area contributed by atoms with Gasteiger partial charge >= 0.3 is 0 Å². The van der Waals surface area contributed by atoms with Crippen LogP contribution in [-0.4, -0.2) is 17.4 Å². The molecule has 2 aromatic heterocycles. The van der Waals surface area contributed by atoms with Crippen molar-refractivity contribution in [1.82, 2.24) is 10.3 Å². The second-order valence-corrected chi connectivity index (χ2v) is 6.01. The van der Waals surface area contributed by atoms with Crippen molar-refractivity contribution in [3.63, 3.8) is 0 Å². The van der Waals surface area contributed by atoms with Gasteiger partial charge in [-0.15, -0.1) is 11.3 Å². The molecule has 1 N–H and O–H groups in total. The molecule has 0 fully saturated rings. The number of thiazole rings is 1. The molecule has 0 radical (unpaired) electrons. The van der Waals surface area contributed by atoms with Crippen LogP contribution in [0.5, 0.6) is 0 Å². The third-order valence-electron chi connectivity index (χ3n) is 3.14. The Morgan fingerprint density at radius 3 is 2.95 bits per heavy atom. The fraction of sp³-hybridized carbons (Fsp3) is 0.176. The molecule has 2 heterocycles. The summed E-state index contributed by atoms with van der Waals surface area (Å²) < 4.78 is 6.54. The molecular formula is C17H16N2O2S. The number of nitrogens with one attached hydrogen (secondary N) is 1. The van der Waals surface area contributed by atoms with Crippen molar-refractivity contribution >= 4 is 33.5 Å². The summed E-state index contributed by atoms with van der Waals surface area (Å²) in [6.07, 6.45) is 3.88. The van der Waals surface area contributed by atoms with Crippen LogP contribution in [0.15, 0.2) is 46.9 Å². The molecule has 4 nitrogen and oxygen atoms in total. The zero-order valence-electron chi connectivity index (χ0n) is 12.2. The van der Waals surface area contributed by atoms with Crippen molar-refractivity contribution in [2.75, 3.05) is 6.54 Å². The van der Waals surface area contributed by atoms with Crippen LogP contribution in [-0.2, 0) is 11.2 Å². The molecule has 1 aromatic carbocycles. The number of hydrogen-bond donors (Lipinski definition) is 1. The molecule has 5 heteroatoms. The van der Waals surface area contributed by atoms with Gasteiger partial charge in [-0.2, -0.15) is 0 Å². The van der Waals surface area contributed by atoms with Gasteiger partial charge in [0.05, 0.1) is 15.2 Å². The zero-order valence-corrected chi connectivity index (χ0v) is 13.0. The predicted octanol–water partition coefficient (Wildman–Crippen LogP) is 3.57. The lowest BCUT2D eigenvalue weighted by Crippen LogP contribution is -2.23. The third-order valence-corrected chi connectivity index (χ3v) is 4.23. The number of hydrogen-bond acceptors (Lipinski definition) is 4. The van der Waals surface area contributed by atoms with Crippen LogP contribution in [0.2, 0.25) is 0 Å². The first kappa shape index (κ1) is 14.5. The molecule has 0 spiro atoms. The third kappa shape index (κ3) is 3.62. The van der Waals surface area contributed by atoms with Crippen LogP contribution in [0.3, 0.4) is 0 Å². The van der Waals surface area contributed by atoms with Gasteiger partial charge in [-0.05, 0) is 37.3 Å². The van der Waals surface area contributed by atoms with Gasteiger partial charge in [-0.25, -0.2) is 4.98 Å². The maximum absolute atomic E-state index is 11.7. The fourth-order valence-corrected chi connectivity index (χ4v) is 3.05. The van der Waals surface area contributed by atoms with E-state index in [1.807, 2.05) is 37.3 Å². The quantitative estimate of drug-likeness (QED) is 0.733. The minimum atomic E-state index is -0.129. The Kier molecular flexibility index (Phi) is 4.34. The Labute approximate surface area is 132 Å². The summed E-state index contributed by atoms with van der Waals surface area (Å²) in [5.74, 6) is 1.38. The number of para-hydroxylation sites is 1. The first-order chi connectivity index (χ1) is 10.7. The van der Waals surface area contributed by atoms with Crippen molar-refractivity contribution in [1.29, 1.82) is 0 Å². The van der Waals surface area contributed by atoms with Crippen LogP contribution in [0.4, 0.5) is 0 Å². The number of rotatable bonds is 5. The lowest BCUT2D eigenvalue weighted by molar-refractivity contribution is -0.116. The number of nitrogens with zero attached hydrogens (tertiary/aromatic N) is 1. The topological polar surface area (TPSA) is 55.1 Å². The van der Waals surface area contributed by atoms with E-state index in [9.17, 15) is 4.79 Å². The van der Waals surface area contributed by atoms with Gasteiger partial charge in [0.1, 0.15) is 11.5 Å². The molecule has 0 unspecified atom stereocenters. The maximum Gasteiger partial charge on any atom is 0.244 e. The summed E-state index contributed by atoms with van der Waals surface area (Å²) >= 11 is 1.67. The molecule has 0 bridgehead atoms. The van der Waals surface area contributed by atoms with Crippen molar-refractivity contribution < 1.29 is 9.21 Å². The van der Waals surface area contributed by atoms with E-state index in [0.717, 1.165) is 22.7 Å². The molecule has 112 valence electrons. The Morgan fingerprint density at radius 2 is 2.18 bits per heavy atom. The molecule has 0 aliphatic carbocycles. The Morgan fingerprint density at radius 1 is 1.32 bits per heavy atom. The normalized spacial score (nSPS) is 11.3. The van der Waals surface area contributed by atoms with Crippen LogP contribution < -0.4 is 5.32 Å². The van der Waals surface area contributed by atoms with Crippen LogP contribution in [0, 0.1) is 6.92 Å². The Hall–Kier alpha value is -2.40. The second-order valence-electron chi connectivity index (χ2n) is 4.90.